The van der Waals surface area contributed by atoms with E-state index in [4.69, 9.17) is 28.8 Å². The minimum Gasteiger partial charge on any atom is -0.379 e. The van der Waals surface area contributed by atoms with E-state index in [9.17, 15) is 0 Å². The highest BCUT2D eigenvalue weighted by molar-refractivity contribution is 8.65. The Labute approximate surface area is 101 Å². The second kappa shape index (κ2) is 4.98. The van der Waals surface area contributed by atoms with E-state index in [-0.39, 0.29) is 0 Å². The number of morpholine rings is 1. The van der Waals surface area contributed by atoms with Crippen LogP contribution in [0.1, 0.15) is 0 Å². The highest BCUT2D eigenvalue weighted by Gasteiger charge is 2.25. The van der Waals surface area contributed by atoms with Crippen molar-refractivity contribution in [1.29, 1.82) is 0 Å². The van der Waals surface area contributed by atoms with Crippen molar-refractivity contribution in [1.82, 2.24) is 4.67 Å². The lowest BCUT2D eigenvalue weighted by atomic mass is 10.4. The van der Waals surface area contributed by atoms with E-state index >= 15 is 0 Å². The first kappa shape index (κ1) is 11.6. The fraction of sp³-hybridized carbons (Fsp3) is 0.400. The van der Waals surface area contributed by atoms with Crippen molar-refractivity contribution < 1.29 is 4.74 Å². The molecule has 0 N–H and O–H groups in total. The molecular weight excluding hydrogens is 245 g/mol. The highest BCUT2D eigenvalue weighted by Crippen LogP contribution is 2.53. The van der Waals surface area contributed by atoms with Gasteiger partial charge in [-0.1, -0.05) is 42.1 Å². The third kappa shape index (κ3) is 2.63. The molecule has 82 valence electrons. The van der Waals surface area contributed by atoms with Crippen molar-refractivity contribution in [2.24, 2.45) is 0 Å². The van der Waals surface area contributed by atoms with Crippen molar-refractivity contribution in [3.05, 3.63) is 30.3 Å². The lowest BCUT2D eigenvalue weighted by molar-refractivity contribution is 0.0758. The van der Waals surface area contributed by atoms with E-state index in [1.807, 2.05) is 18.2 Å². The molecule has 0 aromatic heterocycles. The summed E-state index contributed by atoms with van der Waals surface area (Å²) in [7, 11) is 0. The van der Waals surface area contributed by atoms with Gasteiger partial charge in [0.05, 0.1) is 18.6 Å². The largest absolute Gasteiger partial charge is 0.379 e. The zero-order valence-corrected chi connectivity index (χ0v) is 11.0. The maximum Gasteiger partial charge on any atom is 0.0924 e. The number of thiol groups is 1. The van der Waals surface area contributed by atoms with Gasteiger partial charge in [-0.3, -0.25) is 4.67 Å². The Kier molecular flexibility index (Phi) is 3.86. The molecule has 2 rings (SSSR count). The second-order valence-corrected chi connectivity index (χ2v) is 9.75. The number of hydrogen-bond donors (Lipinski definition) is 1. The van der Waals surface area contributed by atoms with Gasteiger partial charge in [0.2, 0.25) is 0 Å². The Morgan fingerprint density at radius 1 is 1.20 bits per heavy atom. The van der Waals surface area contributed by atoms with Crippen LogP contribution in [0.15, 0.2) is 30.3 Å². The molecule has 1 aromatic rings. The van der Waals surface area contributed by atoms with E-state index in [0.29, 0.717) is 0 Å². The van der Waals surface area contributed by atoms with Crippen LogP contribution in [0.3, 0.4) is 0 Å². The molecule has 1 atom stereocenters. The summed E-state index contributed by atoms with van der Waals surface area (Å²) in [5.41, 5.74) is 0. The standard InChI is InChI=1S/C10H14NOPS2/c14-13(15,10-4-2-1-3-5-10)11-6-8-12-9-7-11/h1-5H,6-9H2,(H,14,15). The van der Waals surface area contributed by atoms with Crippen LogP contribution in [0, 0.1) is 0 Å². The smallest absolute Gasteiger partial charge is 0.0924 e. The summed E-state index contributed by atoms with van der Waals surface area (Å²) in [6, 6.07) is 10.2. The molecular formula is C10H14NOPS2. The van der Waals surface area contributed by atoms with E-state index in [1.165, 1.54) is 5.30 Å². The summed E-state index contributed by atoms with van der Waals surface area (Å²) in [6.45, 7) is 3.34. The lowest BCUT2D eigenvalue weighted by Gasteiger charge is -2.34. The van der Waals surface area contributed by atoms with Crippen LogP contribution < -0.4 is 5.30 Å². The van der Waals surface area contributed by atoms with Gasteiger partial charge in [-0.25, -0.2) is 0 Å². The molecule has 5 heteroatoms. The average Bonchev–Trinajstić information content (AvgIpc) is 2.31. The van der Waals surface area contributed by atoms with Crippen LogP contribution in [-0.2, 0) is 16.5 Å². The summed E-state index contributed by atoms with van der Waals surface area (Å²) in [6.07, 6.45) is 0. The van der Waals surface area contributed by atoms with Gasteiger partial charge in [-0.2, -0.15) is 0 Å². The minimum absolute atomic E-state index is 0.770. The SMILES string of the molecule is S=P(S)(c1ccccc1)N1CCOCC1. The van der Waals surface area contributed by atoms with E-state index in [0.717, 1.165) is 26.3 Å². The molecule has 0 spiro atoms. The first-order valence-corrected chi connectivity index (χ1v) is 8.83. The summed E-state index contributed by atoms with van der Waals surface area (Å²) in [5.74, 6) is 0. The molecule has 1 saturated heterocycles. The van der Waals surface area contributed by atoms with Crippen LogP contribution in [0.25, 0.3) is 0 Å². The van der Waals surface area contributed by atoms with Gasteiger partial charge in [0.15, 0.2) is 0 Å². The van der Waals surface area contributed by atoms with Gasteiger partial charge in [-0.05, 0) is 0 Å². The molecule has 0 radical (unpaired) electrons. The number of nitrogens with zero attached hydrogens (tertiary/aromatic N) is 1. The van der Waals surface area contributed by atoms with Crippen molar-refractivity contribution in [3.63, 3.8) is 0 Å². The van der Waals surface area contributed by atoms with Crippen LogP contribution in [-0.4, -0.2) is 31.0 Å². The number of ether oxygens (including phenoxy) is 1. The van der Waals surface area contributed by atoms with Gasteiger partial charge >= 0.3 is 0 Å². The maximum atomic E-state index is 5.68. The molecule has 15 heavy (non-hydrogen) atoms. The predicted octanol–water partition coefficient (Wildman–Crippen LogP) is 1.88. The average molecular weight is 259 g/mol. The molecule has 1 aliphatic rings. The molecule has 0 amide bonds. The zero-order chi connectivity index (χ0) is 10.7. The maximum absolute atomic E-state index is 5.68. The molecule has 0 aliphatic carbocycles. The monoisotopic (exact) mass is 259 g/mol. The zero-order valence-electron chi connectivity index (χ0n) is 8.37. The van der Waals surface area contributed by atoms with Gasteiger partial charge < -0.3 is 4.74 Å². The molecule has 0 bridgehead atoms. The van der Waals surface area contributed by atoms with Gasteiger partial charge in [0, 0.05) is 18.4 Å². The van der Waals surface area contributed by atoms with Crippen molar-refractivity contribution in [2.75, 3.05) is 26.3 Å². The molecule has 1 unspecified atom stereocenters. The normalized spacial score (nSPS) is 22.2. The number of hydrogen-bond acceptors (Lipinski definition) is 2. The predicted molar refractivity (Wildman–Crippen MR) is 71.7 cm³/mol. The van der Waals surface area contributed by atoms with Crippen molar-refractivity contribution in [2.45, 2.75) is 0 Å². The Morgan fingerprint density at radius 3 is 2.40 bits per heavy atom. The van der Waals surface area contributed by atoms with Crippen LogP contribution in [0.2, 0.25) is 0 Å². The first-order chi connectivity index (χ1) is 7.21. The Morgan fingerprint density at radius 2 is 1.80 bits per heavy atom. The number of rotatable bonds is 2. The van der Waals surface area contributed by atoms with Gasteiger partial charge in [0.1, 0.15) is 0 Å². The fourth-order valence-corrected chi connectivity index (χ4v) is 4.99. The molecule has 0 saturated carbocycles. The molecule has 1 fully saturated rings. The molecule has 1 heterocycles. The molecule has 1 aromatic carbocycles. The topological polar surface area (TPSA) is 12.5 Å². The summed E-state index contributed by atoms with van der Waals surface area (Å²) in [4.78, 5) is 0. The van der Waals surface area contributed by atoms with Crippen LogP contribution >= 0.6 is 17.6 Å². The third-order valence-electron chi connectivity index (χ3n) is 2.46. The molecule has 2 nitrogen and oxygen atoms in total. The molecule has 1 aliphatic heterocycles. The lowest BCUT2D eigenvalue weighted by Crippen LogP contribution is -2.35. The van der Waals surface area contributed by atoms with Crippen molar-refractivity contribution >= 4 is 34.8 Å². The van der Waals surface area contributed by atoms with Crippen LogP contribution in [0.4, 0.5) is 0 Å². The third-order valence-corrected chi connectivity index (χ3v) is 7.38. The van der Waals surface area contributed by atoms with E-state index < -0.39 is 5.39 Å². The van der Waals surface area contributed by atoms with E-state index in [1.54, 1.807) is 0 Å². The van der Waals surface area contributed by atoms with Gasteiger partial charge in [0.25, 0.3) is 0 Å². The van der Waals surface area contributed by atoms with Crippen LogP contribution in [0.5, 0.6) is 0 Å². The Hall–Kier alpha value is 0.140. The Balaban J connectivity index is 2.22. The summed E-state index contributed by atoms with van der Waals surface area (Å²) >= 11 is 10.4. The summed E-state index contributed by atoms with van der Waals surface area (Å²) in [5, 5.41) is -0.668. The minimum atomic E-state index is -1.84. The highest BCUT2D eigenvalue weighted by atomic mass is 32.9. The van der Waals surface area contributed by atoms with Crippen molar-refractivity contribution in [3.8, 4) is 0 Å². The quantitative estimate of drug-likeness (QED) is 0.643. The summed E-state index contributed by atoms with van der Waals surface area (Å²) < 4.78 is 7.61. The second-order valence-electron chi connectivity index (χ2n) is 3.45. The van der Waals surface area contributed by atoms with Gasteiger partial charge in [-0.15, -0.1) is 12.2 Å². The van der Waals surface area contributed by atoms with E-state index in [2.05, 4.69) is 16.8 Å². The fourth-order valence-electron chi connectivity index (χ4n) is 1.61. The number of benzene rings is 1. The Bertz CT molecular complexity index is 365. The first-order valence-electron chi connectivity index (χ1n) is 4.93.